The zero-order valence-corrected chi connectivity index (χ0v) is 12.8. The molecule has 1 nitrogen and oxygen atoms in total. The van der Waals surface area contributed by atoms with E-state index in [1.807, 2.05) is 0 Å². The third kappa shape index (κ3) is 1.34. The first-order valence-corrected chi connectivity index (χ1v) is 7.86. The van der Waals surface area contributed by atoms with Crippen molar-refractivity contribution in [3.63, 3.8) is 0 Å². The molecule has 4 aromatic rings. The SMILES string of the molecule is CC1c2ccccc2-c2cc3c4ccccc4n(C)c3cc21. The Kier molecular flexibility index (Phi) is 2.20. The minimum atomic E-state index is 0.480. The van der Waals surface area contributed by atoms with Crippen LogP contribution < -0.4 is 0 Å². The van der Waals surface area contributed by atoms with Crippen LogP contribution >= 0.6 is 0 Å². The monoisotopic (exact) mass is 283 g/mol. The van der Waals surface area contributed by atoms with E-state index < -0.39 is 0 Å². The van der Waals surface area contributed by atoms with Gasteiger partial charge in [-0.2, -0.15) is 0 Å². The second-order valence-corrected chi connectivity index (χ2v) is 6.34. The molecule has 0 fully saturated rings. The van der Waals surface area contributed by atoms with Gasteiger partial charge in [-0.25, -0.2) is 0 Å². The molecule has 0 spiro atoms. The minimum Gasteiger partial charge on any atom is -0.344 e. The molecule has 1 aliphatic carbocycles. The van der Waals surface area contributed by atoms with Crippen molar-refractivity contribution in [2.75, 3.05) is 0 Å². The Hall–Kier alpha value is -2.54. The molecular weight excluding hydrogens is 266 g/mol. The highest BCUT2D eigenvalue weighted by Gasteiger charge is 2.26. The van der Waals surface area contributed by atoms with Gasteiger partial charge in [-0.1, -0.05) is 49.4 Å². The number of fused-ring (bicyclic) bond motifs is 6. The molecule has 1 atom stereocenters. The second kappa shape index (κ2) is 4.01. The summed E-state index contributed by atoms with van der Waals surface area (Å²) in [7, 11) is 2.17. The summed E-state index contributed by atoms with van der Waals surface area (Å²) in [6.07, 6.45) is 0. The maximum absolute atomic E-state index is 2.40. The Bertz CT molecular complexity index is 1050. The fourth-order valence-electron chi connectivity index (χ4n) is 4.10. The number of hydrogen-bond acceptors (Lipinski definition) is 0. The van der Waals surface area contributed by atoms with Gasteiger partial charge in [-0.05, 0) is 40.5 Å². The van der Waals surface area contributed by atoms with Crippen LogP contribution in [0.5, 0.6) is 0 Å². The lowest BCUT2D eigenvalue weighted by Gasteiger charge is -2.07. The molecule has 0 saturated carbocycles. The van der Waals surface area contributed by atoms with E-state index in [9.17, 15) is 0 Å². The van der Waals surface area contributed by atoms with Crippen LogP contribution in [0.25, 0.3) is 32.9 Å². The minimum absolute atomic E-state index is 0.480. The van der Waals surface area contributed by atoms with Gasteiger partial charge in [0, 0.05) is 34.8 Å². The first-order valence-electron chi connectivity index (χ1n) is 7.86. The standard InChI is InChI=1S/C21H17N/c1-13-14-7-3-4-8-15(14)18-11-19-16-9-5-6-10-20(16)22(2)21(19)12-17(13)18/h3-13H,1-2H3. The Balaban J connectivity index is 1.96. The van der Waals surface area contributed by atoms with E-state index in [1.54, 1.807) is 0 Å². The van der Waals surface area contributed by atoms with Crippen LogP contribution in [-0.2, 0) is 7.05 Å². The van der Waals surface area contributed by atoms with Gasteiger partial charge in [0.25, 0.3) is 0 Å². The number of rotatable bonds is 0. The predicted molar refractivity (Wildman–Crippen MR) is 93.4 cm³/mol. The normalized spacial score (nSPS) is 16.2. The molecule has 0 saturated heterocycles. The molecule has 1 aliphatic rings. The van der Waals surface area contributed by atoms with Crippen molar-refractivity contribution in [3.05, 3.63) is 71.8 Å². The van der Waals surface area contributed by atoms with Crippen LogP contribution in [0.1, 0.15) is 24.0 Å². The van der Waals surface area contributed by atoms with Gasteiger partial charge in [0.1, 0.15) is 0 Å². The molecule has 106 valence electrons. The largest absolute Gasteiger partial charge is 0.344 e. The van der Waals surface area contributed by atoms with E-state index >= 15 is 0 Å². The van der Waals surface area contributed by atoms with E-state index in [0.29, 0.717) is 5.92 Å². The molecule has 0 bridgehead atoms. The number of para-hydroxylation sites is 1. The number of nitrogens with zero attached hydrogens (tertiary/aromatic N) is 1. The highest BCUT2D eigenvalue weighted by Crippen LogP contribution is 2.46. The number of aryl methyl sites for hydroxylation is 1. The molecule has 0 aliphatic heterocycles. The van der Waals surface area contributed by atoms with Crippen molar-refractivity contribution >= 4 is 21.8 Å². The van der Waals surface area contributed by atoms with Gasteiger partial charge in [-0.3, -0.25) is 0 Å². The highest BCUT2D eigenvalue weighted by molar-refractivity contribution is 6.10. The highest BCUT2D eigenvalue weighted by atomic mass is 14.9. The van der Waals surface area contributed by atoms with E-state index in [4.69, 9.17) is 0 Å². The summed E-state index contributed by atoms with van der Waals surface area (Å²) in [5.41, 5.74) is 8.37. The lowest BCUT2D eigenvalue weighted by atomic mass is 9.98. The molecule has 1 heteroatoms. The Morgan fingerprint density at radius 2 is 1.50 bits per heavy atom. The summed E-state index contributed by atoms with van der Waals surface area (Å²) in [6, 6.07) is 22.3. The van der Waals surface area contributed by atoms with E-state index in [2.05, 4.69) is 79.2 Å². The van der Waals surface area contributed by atoms with Crippen molar-refractivity contribution in [1.29, 1.82) is 0 Å². The lowest BCUT2D eigenvalue weighted by molar-refractivity contribution is 0.952. The number of benzene rings is 3. The van der Waals surface area contributed by atoms with Crippen molar-refractivity contribution in [2.24, 2.45) is 7.05 Å². The second-order valence-electron chi connectivity index (χ2n) is 6.34. The summed E-state index contributed by atoms with van der Waals surface area (Å²) in [5, 5.41) is 2.71. The van der Waals surface area contributed by atoms with Crippen LogP contribution in [-0.4, -0.2) is 4.57 Å². The van der Waals surface area contributed by atoms with Crippen LogP contribution in [0, 0.1) is 0 Å². The molecule has 1 aromatic heterocycles. The van der Waals surface area contributed by atoms with Crippen molar-refractivity contribution in [1.82, 2.24) is 4.57 Å². The number of aromatic nitrogens is 1. The molecule has 5 rings (SSSR count). The van der Waals surface area contributed by atoms with Crippen LogP contribution in [0.2, 0.25) is 0 Å². The topological polar surface area (TPSA) is 4.93 Å². The summed E-state index contributed by atoms with van der Waals surface area (Å²) in [4.78, 5) is 0. The summed E-state index contributed by atoms with van der Waals surface area (Å²) in [6.45, 7) is 2.32. The molecule has 0 amide bonds. The Morgan fingerprint density at radius 1 is 0.727 bits per heavy atom. The maximum Gasteiger partial charge on any atom is 0.0492 e. The first kappa shape index (κ1) is 12.0. The molecule has 22 heavy (non-hydrogen) atoms. The van der Waals surface area contributed by atoms with Gasteiger partial charge in [0.15, 0.2) is 0 Å². The van der Waals surface area contributed by atoms with E-state index in [1.165, 1.54) is 44.1 Å². The average Bonchev–Trinajstić information content (AvgIpc) is 3.01. The maximum atomic E-state index is 2.40. The molecular formula is C21H17N. The lowest BCUT2D eigenvalue weighted by Crippen LogP contribution is -1.91. The first-order chi connectivity index (χ1) is 10.8. The molecule has 3 aromatic carbocycles. The third-order valence-corrected chi connectivity index (χ3v) is 5.27. The Labute approximate surface area is 129 Å². The summed E-state index contributed by atoms with van der Waals surface area (Å²) >= 11 is 0. The third-order valence-electron chi connectivity index (χ3n) is 5.27. The van der Waals surface area contributed by atoms with Gasteiger partial charge in [0.2, 0.25) is 0 Å². The number of hydrogen-bond donors (Lipinski definition) is 0. The van der Waals surface area contributed by atoms with Crippen LogP contribution in [0.15, 0.2) is 60.7 Å². The smallest absolute Gasteiger partial charge is 0.0492 e. The predicted octanol–water partition coefficient (Wildman–Crippen LogP) is 5.46. The fraction of sp³-hybridized carbons (Fsp3) is 0.143. The van der Waals surface area contributed by atoms with Gasteiger partial charge in [0.05, 0.1) is 0 Å². The molecule has 1 heterocycles. The van der Waals surface area contributed by atoms with Crippen LogP contribution in [0.4, 0.5) is 0 Å². The van der Waals surface area contributed by atoms with Gasteiger partial charge < -0.3 is 4.57 Å². The van der Waals surface area contributed by atoms with E-state index in [-0.39, 0.29) is 0 Å². The summed E-state index contributed by atoms with van der Waals surface area (Å²) < 4.78 is 2.32. The Morgan fingerprint density at radius 3 is 2.41 bits per heavy atom. The zero-order valence-electron chi connectivity index (χ0n) is 12.8. The van der Waals surface area contributed by atoms with Crippen molar-refractivity contribution in [2.45, 2.75) is 12.8 Å². The zero-order chi connectivity index (χ0) is 14.8. The van der Waals surface area contributed by atoms with Crippen molar-refractivity contribution < 1.29 is 0 Å². The fourth-order valence-corrected chi connectivity index (χ4v) is 4.10. The molecule has 1 unspecified atom stereocenters. The quantitative estimate of drug-likeness (QED) is 0.403. The molecule has 0 N–H and O–H groups in total. The molecule has 0 radical (unpaired) electrons. The summed E-state index contributed by atoms with van der Waals surface area (Å²) in [5.74, 6) is 0.480. The average molecular weight is 283 g/mol. The van der Waals surface area contributed by atoms with Crippen molar-refractivity contribution in [3.8, 4) is 11.1 Å². The van der Waals surface area contributed by atoms with Gasteiger partial charge in [-0.15, -0.1) is 0 Å². The van der Waals surface area contributed by atoms with Crippen LogP contribution in [0.3, 0.4) is 0 Å². The van der Waals surface area contributed by atoms with Gasteiger partial charge >= 0.3 is 0 Å². The van der Waals surface area contributed by atoms with E-state index in [0.717, 1.165) is 0 Å².